The van der Waals surface area contributed by atoms with Gasteiger partial charge in [0.05, 0.1) is 11.3 Å². The van der Waals surface area contributed by atoms with Crippen LogP contribution < -0.4 is 0 Å². The van der Waals surface area contributed by atoms with Gasteiger partial charge in [-0.2, -0.15) is 11.3 Å². The second-order valence-corrected chi connectivity index (χ2v) is 7.23. The van der Waals surface area contributed by atoms with Crippen molar-refractivity contribution in [3.63, 3.8) is 0 Å². The molecule has 145 valence electrons. The second-order valence-electron chi connectivity index (χ2n) is 6.32. The predicted octanol–water partition coefficient (Wildman–Crippen LogP) is 6.26. The van der Waals surface area contributed by atoms with Crippen molar-refractivity contribution < 1.29 is 30.0 Å². The van der Waals surface area contributed by atoms with E-state index < -0.39 is 0 Å². The average molecular weight is 567 g/mol. The van der Waals surface area contributed by atoms with E-state index in [-0.39, 0.29) is 31.6 Å². The van der Waals surface area contributed by atoms with Gasteiger partial charge in [-0.25, -0.2) is 0 Å². The van der Waals surface area contributed by atoms with Gasteiger partial charge in [0.2, 0.25) is 0 Å². The Morgan fingerprint density at radius 2 is 1.89 bits per heavy atom. The Bertz CT molecular complexity index is 1140. The molecule has 0 atom stereocenters. The number of fused-ring (bicyclic) bond motifs is 3. The van der Waals surface area contributed by atoms with Gasteiger partial charge in [-0.05, 0) is 36.7 Å². The van der Waals surface area contributed by atoms with Crippen molar-refractivity contribution in [1.29, 1.82) is 0 Å². The first-order chi connectivity index (χ1) is 13.0. The van der Waals surface area contributed by atoms with Crippen LogP contribution in [0.15, 0.2) is 65.7 Å². The van der Waals surface area contributed by atoms with Crippen LogP contribution in [-0.2, 0) is 24.9 Å². The molecule has 0 fully saturated rings. The Hall–Kier alpha value is -2.33. The summed E-state index contributed by atoms with van der Waals surface area (Å²) in [5.74, 6) is -0.0625. The van der Waals surface area contributed by atoms with E-state index in [2.05, 4.69) is 54.8 Å². The molecule has 2 aromatic heterocycles. The van der Waals surface area contributed by atoms with E-state index >= 15 is 0 Å². The number of para-hydroxylation sites is 1. The van der Waals surface area contributed by atoms with Crippen LogP contribution in [0.1, 0.15) is 19.4 Å². The molecule has 4 aromatic rings. The van der Waals surface area contributed by atoms with Crippen molar-refractivity contribution in [2.75, 3.05) is 0 Å². The Labute approximate surface area is 182 Å². The third kappa shape index (κ3) is 5.14. The Morgan fingerprint density at radius 3 is 2.54 bits per heavy atom. The van der Waals surface area contributed by atoms with Crippen molar-refractivity contribution in [3.05, 3.63) is 77.4 Å². The van der Waals surface area contributed by atoms with Gasteiger partial charge in [-0.15, -0.1) is 35.4 Å². The maximum atomic E-state index is 10.0. The number of nitrogens with zero attached hydrogens (tertiary/aromatic N) is 1. The van der Waals surface area contributed by atoms with E-state index in [1.807, 2.05) is 12.1 Å². The van der Waals surface area contributed by atoms with Gasteiger partial charge >= 0.3 is 0 Å². The number of aliphatic hydroxyl groups excluding tert-OH is 1. The van der Waals surface area contributed by atoms with Crippen LogP contribution in [0, 0.1) is 13.0 Å². The van der Waals surface area contributed by atoms with Crippen molar-refractivity contribution in [1.82, 2.24) is 4.98 Å². The molecule has 0 aliphatic rings. The molecular formula is C23H20IrNO2S-. The van der Waals surface area contributed by atoms with Crippen LogP contribution in [0.25, 0.3) is 32.2 Å². The van der Waals surface area contributed by atoms with Crippen LogP contribution in [0.5, 0.6) is 0 Å². The summed E-state index contributed by atoms with van der Waals surface area (Å²) in [6, 6.07) is 20.0. The van der Waals surface area contributed by atoms with Crippen LogP contribution in [0.4, 0.5) is 0 Å². The smallest absolute Gasteiger partial charge is 0.155 e. The summed E-state index contributed by atoms with van der Waals surface area (Å²) in [7, 11) is 0. The van der Waals surface area contributed by atoms with E-state index in [4.69, 9.17) is 10.1 Å². The summed E-state index contributed by atoms with van der Waals surface area (Å²) in [5, 5.41) is 13.0. The van der Waals surface area contributed by atoms with Gasteiger partial charge in [-0.3, -0.25) is 9.78 Å². The van der Waals surface area contributed by atoms with Gasteiger partial charge in [-0.1, -0.05) is 25.1 Å². The fraction of sp³-hybridized carbons (Fsp3) is 0.130. The minimum absolute atomic E-state index is 0. The zero-order valence-electron chi connectivity index (χ0n) is 15.8. The monoisotopic (exact) mass is 567 g/mol. The van der Waals surface area contributed by atoms with Crippen molar-refractivity contribution in [3.8, 4) is 11.3 Å². The number of aryl methyl sites for hydroxylation is 1. The quantitative estimate of drug-likeness (QED) is 0.177. The Morgan fingerprint density at radius 1 is 1.14 bits per heavy atom. The number of aromatic nitrogens is 1. The van der Waals surface area contributed by atoms with E-state index in [1.165, 1.54) is 41.0 Å². The van der Waals surface area contributed by atoms with Crippen LogP contribution in [0.3, 0.4) is 0 Å². The molecule has 0 saturated carbocycles. The van der Waals surface area contributed by atoms with Crippen LogP contribution in [0.2, 0.25) is 0 Å². The molecule has 3 nitrogen and oxygen atoms in total. The summed E-state index contributed by atoms with van der Waals surface area (Å²) in [5.41, 5.74) is 4.39. The summed E-state index contributed by atoms with van der Waals surface area (Å²) in [6.45, 7) is 4.95. The van der Waals surface area contributed by atoms with Crippen molar-refractivity contribution in [2.24, 2.45) is 0 Å². The molecule has 4 rings (SSSR count). The Balaban J connectivity index is 0.000000306. The van der Waals surface area contributed by atoms with Gasteiger partial charge in [0.25, 0.3) is 0 Å². The predicted molar refractivity (Wildman–Crippen MR) is 113 cm³/mol. The van der Waals surface area contributed by atoms with E-state index in [0.717, 1.165) is 16.8 Å². The first-order valence-electron chi connectivity index (χ1n) is 8.58. The molecular weight excluding hydrogens is 547 g/mol. The number of rotatable bonds is 2. The fourth-order valence-electron chi connectivity index (χ4n) is 2.87. The minimum Gasteiger partial charge on any atom is -0.512 e. The molecule has 0 unspecified atom stereocenters. The summed E-state index contributed by atoms with van der Waals surface area (Å²) in [6.07, 6.45) is 1.17. The third-order valence-electron chi connectivity index (χ3n) is 3.93. The summed E-state index contributed by atoms with van der Waals surface area (Å²) < 4.78 is 1.24. The molecule has 1 N–H and O–H groups in total. The van der Waals surface area contributed by atoms with E-state index in [0.29, 0.717) is 0 Å². The number of carbonyl (C=O) groups is 1. The number of benzene rings is 2. The third-order valence-corrected chi connectivity index (χ3v) is 4.85. The van der Waals surface area contributed by atoms with Gasteiger partial charge in [0.1, 0.15) is 0 Å². The summed E-state index contributed by atoms with van der Waals surface area (Å²) in [4.78, 5) is 14.9. The molecule has 2 aromatic carbocycles. The number of allylic oxidation sites excluding steroid dienone is 2. The zero-order chi connectivity index (χ0) is 19.4. The zero-order valence-corrected chi connectivity index (χ0v) is 19.0. The average Bonchev–Trinajstić information content (AvgIpc) is 3.10. The largest absolute Gasteiger partial charge is 0.512 e. The topological polar surface area (TPSA) is 50.2 Å². The van der Waals surface area contributed by atoms with Crippen molar-refractivity contribution in [2.45, 2.75) is 20.8 Å². The second kappa shape index (κ2) is 9.74. The van der Waals surface area contributed by atoms with Crippen molar-refractivity contribution >= 4 is 38.1 Å². The van der Waals surface area contributed by atoms with E-state index in [9.17, 15) is 4.79 Å². The normalized spacial score (nSPS) is 10.9. The standard InChI is InChI=1S/C18H12NS.C5H8O2.Ir/c1-12-5-4-6-13(11-12)17-18-15(9-10-20-18)14-7-2-3-8-16(14)19-17;1-4(6)3-5(2)7;/h2-5,7-11H,1H3;3,6H,1-2H3;/q-1;;/b;4-3-;. The SMILES string of the molecule is CC(=O)/C=C(/C)O.Cc1cc[c-]c(-c2nc3ccccc3c3ccsc23)c1.[Ir]. The first kappa shape index (κ1) is 22.0. The number of carbonyl (C=O) groups excluding carboxylic acids is 1. The molecule has 2 heterocycles. The minimum atomic E-state index is -0.125. The van der Waals surface area contributed by atoms with Crippen LogP contribution in [-0.4, -0.2) is 15.9 Å². The van der Waals surface area contributed by atoms with Gasteiger partial charge in [0, 0.05) is 42.0 Å². The number of pyridine rings is 1. The first-order valence-corrected chi connectivity index (χ1v) is 9.46. The van der Waals surface area contributed by atoms with Gasteiger partial charge in [0.15, 0.2) is 5.78 Å². The molecule has 1 radical (unpaired) electrons. The van der Waals surface area contributed by atoms with Crippen LogP contribution >= 0.6 is 11.3 Å². The molecule has 0 amide bonds. The van der Waals surface area contributed by atoms with Gasteiger partial charge < -0.3 is 5.11 Å². The molecule has 0 bridgehead atoms. The number of thiophene rings is 1. The molecule has 0 saturated heterocycles. The number of hydrogen-bond donors (Lipinski definition) is 1. The maximum absolute atomic E-state index is 10.0. The molecule has 0 aliphatic carbocycles. The molecule has 0 spiro atoms. The number of ketones is 1. The number of hydrogen-bond acceptors (Lipinski definition) is 4. The molecule has 28 heavy (non-hydrogen) atoms. The number of aliphatic hydroxyl groups is 1. The Kier molecular flexibility index (Phi) is 7.64. The maximum Gasteiger partial charge on any atom is 0.155 e. The molecule has 0 aliphatic heterocycles. The summed E-state index contributed by atoms with van der Waals surface area (Å²) >= 11 is 1.75. The van der Waals surface area contributed by atoms with E-state index in [1.54, 1.807) is 11.3 Å². The molecule has 5 heteroatoms. The fourth-order valence-corrected chi connectivity index (χ4v) is 3.78.